The Hall–Kier alpha value is -1.04. The highest BCUT2D eigenvalue weighted by atomic mass is 19.3. The Balaban J connectivity index is 2.77. The molecular formula is C6H9F2N3O. The van der Waals surface area contributed by atoms with Crippen molar-refractivity contribution in [3.8, 4) is 0 Å². The number of alkyl halides is 2. The van der Waals surface area contributed by atoms with E-state index in [2.05, 4.69) is 14.6 Å². The lowest BCUT2D eigenvalue weighted by Crippen LogP contribution is -2.07. The fourth-order valence-electron chi connectivity index (χ4n) is 0.656. The van der Waals surface area contributed by atoms with Crippen molar-refractivity contribution < 1.29 is 13.2 Å². The van der Waals surface area contributed by atoms with Crippen molar-refractivity contribution in [2.75, 3.05) is 6.54 Å². The summed E-state index contributed by atoms with van der Waals surface area (Å²) in [7, 11) is 0. The Bertz CT molecular complexity index is 256. The van der Waals surface area contributed by atoms with Crippen LogP contribution in [0.4, 0.5) is 8.78 Å². The lowest BCUT2D eigenvalue weighted by atomic mass is 10.4. The van der Waals surface area contributed by atoms with E-state index in [1.807, 2.05) is 0 Å². The lowest BCUT2D eigenvalue weighted by molar-refractivity contribution is -0.0119. The molecule has 0 aliphatic carbocycles. The molecule has 1 aromatic heterocycles. The van der Waals surface area contributed by atoms with E-state index in [0.29, 0.717) is 19.9 Å². The second kappa shape index (κ2) is 3.14. The Kier molecular flexibility index (Phi) is 2.37. The molecule has 0 fully saturated rings. The van der Waals surface area contributed by atoms with Gasteiger partial charge in [0.2, 0.25) is 5.89 Å². The van der Waals surface area contributed by atoms with E-state index in [-0.39, 0.29) is 5.89 Å². The number of halogens is 2. The number of hydrogen-bond donors (Lipinski definition) is 1. The molecule has 0 spiro atoms. The van der Waals surface area contributed by atoms with Crippen LogP contribution in [0.2, 0.25) is 0 Å². The van der Waals surface area contributed by atoms with Crippen LogP contribution in [0.3, 0.4) is 0 Å². The van der Waals surface area contributed by atoms with Crippen molar-refractivity contribution in [1.82, 2.24) is 10.2 Å². The Morgan fingerprint density at radius 3 is 2.58 bits per heavy atom. The lowest BCUT2D eigenvalue weighted by Gasteiger charge is -2.01. The van der Waals surface area contributed by atoms with Crippen molar-refractivity contribution >= 4 is 0 Å². The first-order valence-corrected chi connectivity index (χ1v) is 3.45. The van der Waals surface area contributed by atoms with E-state index < -0.39 is 11.8 Å². The van der Waals surface area contributed by atoms with Crippen LogP contribution in [0.15, 0.2) is 4.42 Å². The molecule has 0 aliphatic rings. The second-order valence-electron chi connectivity index (χ2n) is 2.43. The zero-order chi connectivity index (χ0) is 9.19. The van der Waals surface area contributed by atoms with E-state index in [4.69, 9.17) is 5.73 Å². The van der Waals surface area contributed by atoms with Crippen molar-refractivity contribution in [1.29, 1.82) is 0 Å². The predicted molar refractivity (Wildman–Crippen MR) is 36.6 cm³/mol. The summed E-state index contributed by atoms with van der Waals surface area (Å²) in [4.78, 5) is 0. The van der Waals surface area contributed by atoms with Gasteiger partial charge in [-0.2, -0.15) is 8.78 Å². The highest BCUT2D eigenvalue weighted by molar-refractivity contribution is 4.89. The molecule has 2 N–H and O–H groups in total. The van der Waals surface area contributed by atoms with Gasteiger partial charge < -0.3 is 10.2 Å². The molecule has 0 saturated heterocycles. The molecule has 0 radical (unpaired) electrons. The minimum atomic E-state index is -3.07. The molecule has 0 aliphatic heterocycles. The van der Waals surface area contributed by atoms with Gasteiger partial charge in [-0.3, -0.25) is 0 Å². The molecule has 68 valence electrons. The number of nitrogens with two attached hydrogens (primary N) is 1. The minimum absolute atomic E-state index is 0.147. The van der Waals surface area contributed by atoms with Gasteiger partial charge in [-0.15, -0.1) is 10.2 Å². The van der Waals surface area contributed by atoms with Crippen LogP contribution >= 0.6 is 0 Å². The predicted octanol–water partition coefficient (Wildman–Crippen LogP) is 0.683. The van der Waals surface area contributed by atoms with E-state index in [0.717, 1.165) is 0 Å². The maximum absolute atomic E-state index is 12.5. The summed E-state index contributed by atoms with van der Waals surface area (Å²) in [6.07, 6.45) is 0.322. The molecule has 0 aromatic carbocycles. The van der Waals surface area contributed by atoms with Crippen LogP contribution in [0, 0.1) is 0 Å². The quantitative estimate of drug-likeness (QED) is 0.737. The van der Waals surface area contributed by atoms with Gasteiger partial charge in [-0.1, -0.05) is 0 Å². The number of aromatic nitrogens is 2. The number of hydrogen-bond acceptors (Lipinski definition) is 4. The third kappa shape index (κ3) is 1.97. The number of nitrogens with zero attached hydrogens (tertiary/aromatic N) is 2. The molecule has 0 saturated carbocycles. The maximum atomic E-state index is 12.5. The minimum Gasteiger partial charge on any atom is -0.420 e. The van der Waals surface area contributed by atoms with Gasteiger partial charge in [-0.05, 0) is 0 Å². The first-order valence-electron chi connectivity index (χ1n) is 3.45. The molecule has 0 unspecified atom stereocenters. The smallest absolute Gasteiger partial charge is 0.321 e. The fourth-order valence-corrected chi connectivity index (χ4v) is 0.656. The van der Waals surface area contributed by atoms with Crippen LogP contribution in [-0.2, 0) is 12.3 Å². The summed E-state index contributed by atoms with van der Waals surface area (Å²) in [5.41, 5.74) is 5.16. The SMILES string of the molecule is CC(F)(F)c1nnc(CCN)o1. The molecule has 6 heteroatoms. The maximum Gasteiger partial charge on any atom is 0.321 e. The zero-order valence-electron chi connectivity index (χ0n) is 6.55. The van der Waals surface area contributed by atoms with Crippen LogP contribution in [0.1, 0.15) is 18.7 Å². The van der Waals surface area contributed by atoms with Crippen LogP contribution in [0.25, 0.3) is 0 Å². The van der Waals surface area contributed by atoms with Gasteiger partial charge in [-0.25, -0.2) is 0 Å². The summed E-state index contributed by atoms with van der Waals surface area (Å²) in [5.74, 6) is -3.58. The first kappa shape index (κ1) is 9.05. The molecule has 0 bridgehead atoms. The Morgan fingerprint density at radius 1 is 1.50 bits per heavy atom. The standard InChI is InChI=1S/C6H9F2N3O/c1-6(7,8)5-11-10-4(12-5)2-3-9/h2-3,9H2,1H3. The van der Waals surface area contributed by atoms with Crippen molar-refractivity contribution in [2.45, 2.75) is 19.3 Å². The second-order valence-corrected chi connectivity index (χ2v) is 2.43. The van der Waals surface area contributed by atoms with Gasteiger partial charge >= 0.3 is 5.92 Å². The van der Waals surface area contributed by atoms with Crippen molar-refractivity contribution in [3.63, 3.8) is 0 Å². The normalized spacial score (nSPS) is 12.0. The summed E-state index contributed by atoms with van der Waals surface area (Å²) < 4.78 is 29.6. The van der Waals surface area contributed by atoms with Gasteiger partial charge in [0.15, 0.2) is 0 Å². The summed E-state index contributed by atoms with van der Waals surface area (Å²) in [6, 6.07) is 0. The topological polar surface area (TPSA) is 64.9 Å². The largest absolute Gasteiger partial charge is 0.420 e. The molecular weight excluding hydrogens is 168 g/mol. The Labute approximate surface area is 67.8 Å². The Morgan fingerprint density at radius 2 is 2.17 bits per heavy atom. The molecule has 0 amide bonds. The van der Waals surface area contributed by atoms with Gasteiger partial charge in [0.05, 0.1) is 0 Å². The average molecular weight is 177 g/mol. The fraction of sp³-hybridized carbons (Fsp3) is 0.667. The monoisotopic (exact) mass is 177 g/mol. The molecule has 1 aromatic rings. The van der Waals surface area contributed by atoms with E-state index >= 15 is 0 Å². The molecule has 12 heavy (non-hydrogen) atoms. The highest BCUT2D eigenvalue weighted by Gasteiger charge is 2.31. The molecule has 1 heterocycles. The summed E-state index contributed by atoms with van der Waals surface area (Å²) in [6.45, 7) is 1.00. The summed E-state index contributed by atoms with van der Waals surface area (Å²) in [5, 5.41) is 6.58. The third-order valence-electron chi connectivity index (χ3n) is 1.20. The number of rotatable bonds is 3. The molecule has 4 nitrogen and oxygen atoms in total. The van der Waals surface area contributed by atoms with E-state index in [1.54, 1.807) is 0 Å². The van der Waals surface area contributed by atoms with E-state index in [1.165, 1.54) is 0 Å². The van der Waals surface area contributed by atoms with Crippen LogP contribution in [0.5, 0.6) is 0 Å². The molecule has 1 rings (SSSR count). The summed E-state index contributed by atoms with van der Waals surface area (Å²) >= 11 is 0. The third-order valence-corrected chi connectivity index (χ3v) is 1.20. The van der Waals surface area contributed by atoms with Crippen molar-refractivity contribution in [3.05, 3.63) is 11.8 Å². The van der Waals surface area contributed by atoms with Crippen LogP contribution < -0.4 is 5.73 Å². The van der Waals surface area contributed by atoms with Crippen LogP contribution in [-0.4, -0.2) is 16.7 Å². The molecule has 0 atom stereocenters. The zero-order valence-corrected chi connectivity index (χ0v) is 6.55. The average Bonchev–Trinajstić information content (AvgIpc) is 2.35. The van der Waals surface area contributed by atoms with Gasteiger partial charge in [0, 0.05) is 19.9 Å². The van der Waals surface area contributed by atoms with Gasteiger partial charge in [0.25, 0.3) is 5.89 Å². The van der Waals surface area contributed by atoms with E-state index in [9.17, 15) is 8.78 Å². The van der Waals surface area contributed by atoms with Gasteiger partial charge in [0.1, 0.15) is 0 Å². The first-order chi connectivity index (χ1) is 5.54. The highest BCUT2D eigenvalue weighted by Crippen LogP contribution is 2.24. The van der Waals surface area contributed by atoms with Crippen molar-refractivity contribution in [2.24, 2.45) is 5.73 Å².